The Hall–Kier alpha value is -0.810. The average Bonchev–Trinajstić information content (AvgIpc) is 2.67. The zero-order chi connectivity index (χ0) is 14.5. The van der Waals surface area contributed by atoms with Gasteiger partial charge in [-0.3, -0.25) is 9.59 Å². The van der Waals surface area contributed by atoms with Gasteiger partial charge >= 0.3 is 0 Å². The molecule has 2 N–H and O–H groups in total. The molecule has 21 heavy (non-hydrogen) atoms. The molecule has 0 aromatic heterocycles. The quantitative estimate of drug-likeness (QED) is 0.804. The number of nitrogens with one attached hydrogen (secondary N) is 2. The summed E-state index contributed by atoms with van der Waals surface area (Å²) in [5.74, 6) is 0.593. The van der Waals surface area contributed by atoms with Crippen LogP contribution in [0.3, 0.4) is 0 Å². The van der Waals surface area contributed by atoms with Crippen LogP contribution >= 0.6 is 12.4 Å². The summed E-state index contributed by atoms with van der Waals surface area (Å²) in [6, 6.07) is 0.692. The van der Waals surface area contributed by atoms with Crippen molar-refractivity contribution in [3.05, 3.63) is 0 Å². The van der Waals surface area contributed by atoms with Crippen molar-refractivity contribution in [3.8, 4) is 0 Å². The first-order chi connectivity index (χ1) is 9.58. The summed E-state index contributed by atoms with van der Waals surface area (Å²) < 4.78 is 0. The zero-order valence-electron chi connectivity index (χ0n) is 13.1. The maximum Gasteiger partial charge on any atom is 0.242 e. The van der Waals surface area contributed by atoms with Crippen LogP contribution in [0.5, 0.6) is 0 Å². The van der Waals surface area contributed by atoms with Gasteiger partial charge in [0, 0.05) is 25.0 Å². The van der Waals surface area contributed by atoms with Gasteiger partial charge in [0.1, 0.15) is 0 Å². The molecule has 0 spiro atoms. The van der Waals surface area contributed by atoms with E-state index in [1.54, 1.807) is 0 Å². The van der Waals surface area contributed by atoms with Crippen LogP contribution in [-0.4, -0.2) is 48.4 Å². The molecule has 0 aromatic rings. The van der Waals surface area contributed by atoms with Crippen LogP contribution in [0.4, 0.5) is 0 Å². The molecule has 2 atom stereocenters. The predicted octanol–water partition coefficient (Wildman–Crippen LogP) is 1.31. The van der Waals surface area contributed by atoms with Crippen molar-refractivity contribution in [2.24, 2.45) is 5.92 Å². The topological polar surface area (TPSA) is 61.4 Å². The second-order valence-electron chi connectivity index (χ2n) is 6.39. The largest absolute Gasteiger partial charge is 0.347 e. The fourth-order valence-electron chi connectivity index (χ4n) is 3.16. The number of rotatable bonds is 5. The maximum absolute atomic E-state index is 12.3. The van der Waals surface area contributed by atoms with Gasteiger partial charge in [0.05, 0.1) is 6.54 Å². The van der Waals surface area contributed by atoms with Crippen molar-refractivity contribution < 1.29 is 9.59 Å². The van der Waals surface area contributed by atoms with Crippen molar-refractivity contribution >= 4 is 24.2 Å². The van der Waals surface area contributed by atoms with Crippen molar-refractivity contribution in [1.29, 1.82) is 0 Å². The summed E-state index contributed by atoms with van der Waals surface area (Å²) in [5, 5.41) is 6.15. The fraction of sp³-hybridized carbons (Fsp3) is 0.867. The Bertz CT molecular complexity index is 349. The first-order valence-electron chi connectivity index (χ1n) is 7.86. The SMILES string of the molecule is CC(C)CCC(=O)NCC(=O)N1C2CCNCC1CC2.Cl. The minimum Gasteiger partial charge on any atom is -0.347 e. The number of hydrogen-bond acceptors (Lipinski definition) is 3. The van der Waals surface area contributed by atoms with Crippen molar-refractivity contribution in [2.75, 3.05) is 19.6 Å². The second-order valence-corrected chi connectivity index (χ2v) is 6.39. The molecule has 2 rings (SSSR count). The third kappa shape index (κ3) is 5.15. The lowest BCUT2D eigenvalue weighted by Gasteiger charge is -2.28. The molecule has 2 unspecified atom stereocenters. The van der Waals surface area contributed by atoms with Crippen LogP contribution in [0.25, 0.3) is 0 Å². The summed E-state index contributed by atoms with van der Waals surface area (Å²) in [6.45, 7) is 6.24. The molecule has 122 valence electrons. The molecule has 2 fully saturated rings. The molecule has 6 heteroatoms. The van der Waals surface area contributed by atoms with Crippen LogP contribution in [0.15, 0.2) is 0 Å². The third-order valence-electron chi connectivity index (χ3n) is 4.33. The molecule has 2 heterocycles. The lowest BCUT2D eigenvalue weighted by molar-refractivity contribution is -0.135. The Balaban J connectivity index is 0.00000220. The summed E-state index contributed by atoms with van der Waals surface area (Å²) >= 11 is 0. The van der Waals surface area contributed by atoms with E-state index in [-0.39, 0.29) is 30.8 Å². The first kappa shape index (κ1) is 18.2. The Morgan fingerprint density at radius 1 is 1.24 bits per heavy atom. The van der Waals surface area contributed by atoms with Gasteiger partial charge in [-0.05, 0) is 38.1 Å². The number of carbonyl (C=O) groups is 2. The average molecular weight is 318 g/mol. The van der Waals surface area contributed by atoms with Crippen molar-refractivity contribution in [1.82, 2.24) is 15.5 Å². The molecular weight excluding hydrogens is 290 g/mol. The second kappa shape index (κ2) is 8.59. The number of nitrogens with zero attached hydrogens (tertiary/aromatic N) is 1. The number of halogens is 1. The molecular formula is C15H28ClN3O2. The smallest absolute Gasteiger partial charge is 0.242 e. The third-order valence-corrected chi connectivity index (χ3v) is 4.33. The lowest BCUT2D eigenvalue weighted by Crippen LogP contribution is -2.47. The monoisotopic (exact) mass is 317 g/mol. The molecule has 2 amide bonds. The van der Waals surface area contributed by atoms with Crippen LogP contribution in [0, 0.1) is 5.92 Å². The molecule has 0 aliphatic carbocycles. The molecule has 2 aliphatic heterocycles. The van der Waals surface area contributed by atoms with Crippen LogP contribution in [0.1, 0.15) is 46.0 Å². The molecule has 0 aromatic carbocycles. The van der Waals surface area contributed by atoms with Gasteiger partial charge in [-0.15, -0.1) is 12.4 Å². The van der Waals surface area contributed by atoms with E-state index in [2.05, 4.69) is 24.5 Å². The predicted molar refractivity (Wildman–Crippen MR) is 85.5 cm³/mol. The van der Waals surface area contributed by atoms with Gasteiger partial charge in [0.15, 0.2) is 0 Å². The minimum absolute atomic E-state index is 0. The number of carbonyl (C=O) groups excluding carboxylic acids is 2. The highest BCUT2D eigenvalue weighted by atomic mass is 35.5. The number of fused-ring (bicyclic) bond motifs is 2. The van der Waals surface area contributed by atoms with E-state index in [1.165, 1.54) is 0 Å². The van der Waals surface area contributed by atoms with Crippen LogP contribution in [-0.2, 0) is 9.59 Å². The Kier molecular flexibility index (Phi) is 7.46. The minimum atomic E-state index is -0.00709. The molecule has 2 bridgehead atoms. The molecule has 0 saturated carbocycles. The molecule has 2 aliphatic rings. The van der Waals surface area contributed by atoms with E-state index in [9.17, 15) is 9.59 Å². The Morgan fingerprint density at radius 2 is 1.95 bits per heavy atom. The van der Waals surface area contributed by atoms with Gasteiger partial charge < -0.3 is 15.5 Å². The Morgan fingerprint density at radius 3 is 2.67 bits per heavy atom. The van der Waals surface area contributed by atoms with E-state index in [4.69, 9.17) is 0 Å². The zero-order valence-corrected chi connectivity index (χ0v) is 13.9. The Labute approximate surface area is 133 Å². The van der Waals surface area contributed by atoms with Gasteiger partial charge in [-0.25, -0.2) is 0 Å². The van der Waals surface area contributed by atoms with Crippen LogP contribution in [0.2, 0.25) is 0 Å². The molecule has 0 radical (unpaired) electrons. The summed E-state index contributed by atoms with van der Waals surface area (Å²) in [7, 11) is 0. The highest BCUT2D eigenvalue weighted by Gasteiger charge is 2.37. The standard InChI is InChI=1S/C15H27N3O2.ClH/c1-11(2)3-6-14(19)17-10-15(20)18-12-4-5-13(18)9-16-8-7-12;/h11-13,16H,3-10H2,1-2H3,(H,17,19);1H. The highest BCUT2D eigenvalue weighted by molar-refractivity contribution is 5.85. The maximum atomic E-state index is 12.3. The summed E-state index contributed by atoms with van der Waals surface area (Å²) in [5.41, 5.74) is 0. The fourth-order valence-corrected chi connectivity index (χ4v) is 3.16. The van der Waals surface area contributed by atoms with E-state index in [0.29, 0.717) is 24.4 Å². The summed E-state index contributed by atoms with van der Waals surface area (Å²) in [4.78, 5) is 26.0. The highest BCUT2D eigenvalue weighted by Crippen LogP contribution is 2.27. The molecule has 2 saturated heterocycles. The normalized spacial score (nSPS) is 24.4. The van der Waals surface area contributed by atoms with Gasteiger partial charge in [-0.1, -0.05) is 13.8 Å². The summed E-state index contributed by atoms with van der Waals surface area (Å²) in [6.07, 6.45) is 4.62. The van der Waals surface area contributed by atoms with E-state index < -0.39 is 0 Å². The number of hydrogen-bond donors (Lipinski definition) is 2. The first-order valence-corrected chi connectivity index (χ1v) is 7.86. The lowest BCUT2D eigenvalue weighted by atomic mass is 10.1. The van der Waals surface area contributed by atoms with Crippen molar-refractivity contribution in [3.63, 3.8) is 0 Å². The number of amides is 2. The van der Waals surface area contributed by atoms with Crippen molar-refractivity contribution in [2.45, 2.75) is 58.0 Å². The molecule has 5 nitrogen and oxygen atoms in total. The van der Waals surface area contributed by atoms with E-state index in [0.717, 1.165) is 38.8 Å². The van der Waals surface area contributed by atoms with Gasteiger partial charge in [0.25, 0.3) is 0 Å². The van der Waals surface area contributed by atoms with E-state index in [1.807, 2.05) is 4.90 Å². The van der Waals surface area contributed by atoms with E-state index >= 15 is 0 Å². The van der Waals surface area contributed by atoms with Crippen LogP contribution < -0.4 is 10.6 Å². The van der Waals surface area contributed by atoms with Gasteiger partial charge in [-0.2, -0.15) is 0 Å². The van der Waals surface area contributed by atoms with Gasteiger partial charge in [0.2, 0.25) is 11.8 Å².